The number of oxazole rings is 1. The third-order valence-electron chi connectivity index (χ3n) is 3.03. The molecule has 3 heterocycles. The summed E-state index contributed by atoms with van der Waals surface area (Å²) in [6.45, 7) is 2.05. The molecule has 0 aliphatic carbocycles. The molecule has 7 heteroatoms. The molecule has 3 rings (SSSR count). The van der Waals surface area contributed by atoms with Crippen molar-refractivity contribution in [2.75, 3.05) is 6.54 Å². The Kier molecular flexibility index (Phi) is 2.85. The molecule has 0 amide bonds. The topological polar surface area (TPSA) is 77.9 Å². The van der Waals surface area contributed by atoms with Gasteiger partial charge in [0.1, 0.15) is 6.26 Å². The van der Waals surface area contributed by atoms with Gasteiger partial charge in [-0.25, -0.2) is 4.98 Å². The lowest BCUT2D eigenvalue weighted by Crippen LogP contribution is -2.35. The van der Waals surface area contributed by atoms with Crippen molar-refractivity contribution in [3.8, 4) is 0 Å². The molecule has 0 unspecified atom stereocenters. The molecule has 94 valence electrons. The molecule has 2 aromatic heterocycles. The van der Waals surface area contributed by atoms with E-state index in [1.165, 1.54) is 0 Å². The largest absolute Gasteiger partial charge is 0.448 e. The van der Waals surface area contributed by atoms with E-state index in [-0.39, 0.29) is 5.56 Å². The van der Waals surface area contributed by atoms with Crippen LogP contribution in [0.3, 0.4) is 0 Å². The first kappa shape index (κ1) is 11.4. The monoisotopic (exact) mass is 264 g/mol. The van der Waals surface area contributed by atoms with Crippen LogP contribution in [0.2, 0.25) is 0 Å². The fraction of sp³-hybridized carbons (Fsp3) is 0.364. The molecule has 1 aliphatic rings. The van der Waals surface area contributed by atoms with Crippen LogP contribution < -0.4 is 5.56 Å². The van der Waals surface area contributed by atoms with Crippen LogP contribution in [0.5, 0.6) is 0 Å². The molecule has 0 radical (unpaired) electrons. The van der Waals surface area contributed by atoms with Crippen LogP contribution in [0.25, 0.3) is 0 Å². The van der Waals surface area contributed by atoms with Crippen LogP contribution in [0.4, 0.5) is 0 Å². The Balaban J connectivity index is 1.85. The third kappa shape index (κ3) is 2.14. The van der Waals surface area contributed by atoms with E-state index < -0.39 is 0 Å². The van der Waals surface area contributed by atoms with Crippen LogP contribution in [-0.2, 0) is 19.5 Å². The van der Waals surface area contributed by atoms with E-state index >= 15 is 0 Å². The quantitative estimate of drug-likeness (QED) is 0.791. The van der Waals surface area contributed by atoms with Crippen LogP contribution in [-0.4, -0.2) is 26.4 Å². The van der Waals surface area contributed by atoms with Gasteiger partial charge in [0.25, 0.3) is 5.56 Å². The second-order valence-corrected chi connectivity index (χ2v) is 4.66. The van der Waals surface area contributed by atoms with E-state index in [0.717, 1.165) is 24.2 Å². The molecule has 0 aromatic carbocycles. The van der Waals surface area contributed by atoms with Crippen molar-refractivity contribution >= 4 is 12.2 Å². The van der Waals surface area contributed by atoms with Gasteiger partial charge >= 0.3 is 0 Å². The number of hydrogen-bond donors (Lipinski definition) is 2. The minimum absolute atomic E-state index is 0.106. The summed E-state index contributed by atoms with van der Waals surface area (Å²) in [6, 6.07) is 0. The van der Waals surface area contributed by atoms with Gasteiger partial charge in [-0.2, -0.15) is 0 Å². The summed E-state index contributed by atoms with van der Waals surface area (Å²) in [7, 11) is 0. The highest BCUT2D eigenvalue weighted by Gasteiger charge is 2.20. The van der Waals surface area contributed by atoms with Gasteiger partial charge in [-0.05, 0) is 12.2 Å². The number of nitrogens with zero attached hydrogens (tertiary/aromatic N) is 2. The summed E-state index contributed by atoms with van der Waals surface area (Å²) >= 11 is 4.96. The van der Waals surface area contributed by atoms with Crippen molar-refractivity contribution < 1.29 is 4.42 Å². The van der Waals surface area contributed by atoms with Crippen LogP contribution in [0.15, 0.2) is 21.7 Å². The van der Waals surface area contributed by atoms with Gasteiger partial charge in [0.2, 0.25) is 5.89 Å². The number of nitrogens with one attached hydrogen (secondary N) is 2. The van der Waals surface area contributed by atoms with Crippen molar-refractivity contribution in [3.63, 3.8) is 0 Å². The molecule has 2 N–H and O–H groups in total. The Labute approximate surface area is 108 Å². The zero-order valence-electron chi connectivity index (χ0n) is 9.60. The highest BCUT2D eigenvalue weighted by atomic mass is 32.1. The maximum atomic E-state index is 11.8. The van der Waals surface area contributed by atoms with Gasteiger partial charge in [-0.3, -0.25) is 14.7 Å². The van der Waals surface area contributed by atoms with Gasteiger partial charge in [-0.15, -0.1) is 0 Å². The first-order valence-electron chi connectivity index (χ1n) is 5.67. The predicted molar refractivity (Wildman–Crippen MR) is 66.6 cm³/mol. The minimum atomic E-state index is -0.106. The minimum Gasteiger partial charge on any atom is -0.448 e. The predicted octanol–water partition coefficient (Wildman–Crippen LogP) is 0.979. The standard InChI is InChI=1S/C11H12N4O2S/c16-10-7-5-15(6-9-12-2-4-17-9)3-1-8(7)13-11(18)14-10/h2,4H,1,3,5-6H2,(H2,13,14,16,18). The van der Waals surface area contributed by atoms with E-state index in [1.807, 2.05) is 0 Å². The lowest BCUT2D eigenvalue weighted by Gasteiger charge is -2.26. The first-order chi connectivity index (χ1) is 8.72. The highest BCUT2D eigenvalue weighted by Crippen LogP contribution is 2.15. The van der Waals surface area contributed by atoms with Crippen molar-refractivity contribution in [3.05, 3.63) is 44.7 Å². The molecule has 0 fully saturated rings. The van der Waals surface area contributed by atoms with E-state index in [9.17, 15) is 4.79 Å². The van der Waals surface area contributed by atoms with E-state index in [1.54, 1.807) is 12.5 Å². The Morgan fingerprint density at radius 1 is 1.50 bits per heavy atom. The number of rotatable bonds is 2. The smallest absolute Gasteiger partial charge is 0.256 e. The summed E-state index contributed by atoms with van der Waals surface area (Å²) in [5.74, 6) is 0.666. The molecule has 0 bridgehead atoms. The molecule has 6 nitrogen and oxygen atoms in total. The van der Waals surface area contributed by atoms with E-state index in [4.69, 9.17) is 16.6 Å². The summed E-state index contributed by atoms with van der Waals surface area (Å²) < 4.78 is 5.60. The number of aromatic amines is 2. The van der Waals surface area contributed by atoms with Crippen LogP contribution >= 0.6 is 12.2 Å². The molecule has 0 atom stereocenters. The fourth-order valence-corrected chi connectivity index (χ4v) is 2.39. The second-order valence-electron chi connectivity index (χ2n) is 4.25. The summed E-state index contributed by atoms with van der Waals surface area (Å²) in [5.41, 5.74) is 1.58. The van der Waals surface area contributed by atoms with Gasteiger partial charge in [0.05, 0.1) is 18.3 Å². The maximum Gasteiger partial charge on any atom is 0.256 e. The van der Waals surface area contributed by atoms with Gasteiger partial charge in [-0.1, -0.05) is 0 Å². The Bertz CT molecular complexity index is 658. The van der Waals surface area contributed by atoms with Crippen molar-refractivity contribution in [1.82, 2.24) is 19.9 Å². The van der Waals surface area contributed by atoms with Crippen molar-refractivity contribution in [2.24, 2.45) is 0 Å². The molecule has 0 saturated heterocycles. The Hall–Kier alpha value is -1.73. The zero-order valence-corrected chi connectivity index (χ0v) is 10.4. The number of H-pyrrole nitrogens is 2. The second kappa shape index (κ2) is 4.51. The molecule has 2 aromatic rings. The highest BCUT2D eigenvalue weighted by molar-refractivity contribution is 7.71. The van der Waals surface area contributed by atoms with Gasteiger partial charge < -0.3 is 9.40 Å². The molecular weight excluding hydrogens is 252 g/mol. The molecule has 18 heavy (non-hydrogen) atoms. The first-order valence-corrected chi connectivity index (χ1v) is 6.08. The average Bonchev–Trinajstić information content (AvgIpc) is 2.83. The lowest BCUT2D eigenvalue weighted by molar-refractivity contribution is 0.218. The van der Waals surface area contributed by atoms with Crippen molar-refractivity contribution in [1.29, 1.82) is 0 Å². The fourth-order valence-electron chi connectivity index (χ4n) is 2.17. The summed E-state index contributed by atoms with van der Waals surface area (Å²) in [5, 5.41) is 0. The molecule has 1 aliphatic heterocycles. The van der Waals surface area contributed by atoms with Crippen molar-refractivity contribution in [2.45, 2.75) is 19.5 Å². The number of aromatic nitrogens is 3. The zero-order chi connectivity index (χ0) is 12.5. The van der Waals surface area contributed by atoms with Crippen LogP contribution in [0, 0.1) is 4.77 Å². The molecule has 0 spiro atoms. The summed E-state index contributed by atoms with van der Waals surface area (Å²) in [6.07, 6.45) is 3.96. The number of fused-ring (bicyclic) bond motifs is 1. The Morgan fingerprint density at radius 3 is 3.17 bits per heavy atom. The summed E-state index contributed by atoms with van der Waals surface area (Å²) in [4.78, 5) is 23.7. The molecule has 0 saturated carbocycles. The van der Waals surface area contributed by atoms with E-state index in [2.05, 4.69) is 19.9 Å². The average molecular weight is 264 g/mol. The Morgan fingerprint density at radius 2 is 2.39 bits per heavy atom. The van der Waals surface area contributed by atoms with Crippen LogP contribution in [0.1, 0.15) is 17.1 Å². The lowest BCUT2D eigenvalue weighted by atomic mass is 10.1. The van der Waals surface area contributed by atoms with Gasteiger partial charge in [0.15, 0.2) is 4.77 Å². The third-order valence-corrected chi connectivity index (χ3v) is 3.24. The van der Waals surface area contributed by atoms with Gasteiger partial charge in [0, 0.05) is 25.2 Å². The SMILES string of the molecule is O=c1[nH]c(=S)[nH]c2c1CN(Cc1ncco1)CC2. The number of hydrogen-bond acceptors (Lipinski definition) is 5. The maximum absolute atomic E-state index is 11.8. The normalized spacial score (nSPS) is 15.6. The van der Waals surface area contributed by atoms with E-state index in [0.29, 0.717) is 23.8 Å². The molecular formula is C11H12N4O2S.